The third kappa shape index (κ3) is 4.08. The Kier molecular flexibility index (Phi) is 6.05. The summed E-state index contributed by atoms with van der Waals surface area (Å²) in [4.78, 5) is 42.3. The maximum atomic E-state index is 15.5. The fourth-order valence-corrected chi connectivity index (χ4v) is 5.49. The lowest BCUT2D eigenvalue weighted by Crippen LogP contribution is -2.48. The van der Waals surface area contributed by atoms with Gasteiger partial charge in [-0.2, -0.15) is 0 Å². The maximum absolute atomic E-state index is 15.5. The van der Waals surface area contributed by atoms with Crippen molar-refractivity contribution in [1.29, 1.82) is 0 Å². The molecular weight excluding hydrogens is 493 g/mol. The molecule has 0 bridgehead atoms. The SMILES string of the molecule is C[C@H]1COc2c(N3CCN(c4ncc(N5CCN(C)CC5)cn4)CC3)c(F)cc3c(=O)c(C(=O)O)cn1c23. The summed E-state index contributed by atoms with van der Waals surface area (Å²) in [6.45, 7) is 8.23. The van der Waals surface area contributed by atoms with Crippen LogP contribution in [0.1, 0.15) is 23.3 Å². The molecule has 0 radical (unpaired) electrons. The van der Waals surface area contributed by atoms with Gasteiger partial charge in [0.05, 0.1) is 35.0 Å². The Bertz CT molecular complexity index is 1440. The van der Waals surface area contributed by atoms with Crippen LogP contribution in [-0.4, -0.2) is 96.5 Å². The van der Waals surface area contributed by atoms with Crippen LogP contribution in [0, 0.1) is 5.82 Å². The largest absolute Gasteiger partial charge is 0.487 e. The van der Waals surface area contributed by atoms with Crippen molar-refractivity contribution in [3.63, 3.8) is 0 Å². The number of anilines is 3. The number of rotatable bonds is 4. The van der Waals surface area contributed by atoms with Crippen LogP contribution in [0.2, 0.25) is 0 Å². The van der Waals surface area contributed by atoms with Crippen LogP contribution in [0.3, 0.4) is 0 Å². The molecular formula is C26H30FN7O4. The Morgan fingerprint density at radius 3 is 2.32 bits per heavy atom. The van der Waals surface area contributed by atoms with Crippen molar-refractivity contribution in [3.05, 3.63) is 46.3 Å². The van der Waals surface area contributed by atoms with Gasteiger partial charge in [-0.3, -0.25) is 4.79 Å². The van der Waals surface area contributed by atoms with Gasteiger partial charge < -0.3 is 34.0 Å². The van der Waals surface area contributed by atoms with E-state index in [1.54, 1.807) is 4.57 Å². The minimum atomic E-state index is -1.33. The van der Waals surface area contributed by atoms with Gasteiger partial charge in [-0.25, -0.2) is 19.2 Å². The summed E-state index contributed by atoms with van der Waals surface area (Å²) < 4.78 is 23.2. The number of benzene rings is 1. The molecule has 0 amide bonds. The monoisotopic (exact) mass is 523 g/mol. The third-order valence-electron chi connectivity index (χ3n) is 7.74. The molecule has 1 atom stereocenters. The highest BCUT2D eigenvalue weighted by Crippen LogP contribution is 2.42. The van der Waals surface area contributed by atoms with Crippen molar-refractivity contribution in [1.82, 2.24) is 19.4 Å². The van der Waals surface area contributed by atoms with E-state index in [2.05, 4.69) is 31.7 Å². The summed E-state index contributed by atoms with van der Waals surface area (Å²) in [5, 5.41) is 9.50. The molecule has 0 saturated carbocycles. The van der Waals surface area contributed by atoms with E-state index in [0.717, 1.165) is 37.9 Å². The predicted molar refractivity (Wildman–Crippen MR) is 141 cm³/mol. The highest BCUT2D eigenvalue weighted by Gasteiger charge is 2.31. The van der Waals surface area contributed by atoms with Crippen molar-refractivity contribution in [3.8, 4) is 5.75 Å². The summed E-state index contributed by atoms with van der Waals surface area (Å²) in [5.74, 6) is -1.01. The van der Waals surface area contributed by atoms with E-state index in [1.165, 1.54) is 6.20 Å². The molecule has 2 saturated heterocycles. The van der Waals surface area contributed by atoms with Crippen LogP contribution in [0.5, 0.6) is 5.75 Å². The molecule has 1 N–H and O–H groups in total. The Hall–Kier alpha value is -3.93. The number of ether oxygens (including phenoxy) is 1. The molecule has 200 valence electrons. The van der Waals surface area contributed by atoms with Crippen LogP contribution < -0.4 is 24.9 Å². The number of pyridine rings is 1. The first-order valence-electron chi connectivity index (χ1n) is 12.8. The van der Waals surface area contributed by atoms with Crippen molar-refractivity contribution >= 4 is 34.2 Å². The number of aromatic carboxylic acids is 1. The Labute approximate surface area is 218 Å². The van der Waals surface area contributed by atoms with Crippen LogP contribution in [-0.2, 0) is 0 Å². The van der Waals surface area contributed by atoms with Gasteiger partial charge in [-0.15, -0.1) is 0 Å². The van der Waals surface area contributed by atoms with Gasteiger partial charge in [-0.1, -0.05) is 0 Å². The number of carboxylic acids is 1. The van der Waals surface area contributed by atoms with E-state index in [9.17, 15) is 14.7 Å². The fourth-order valence-electron chi connectivity index (χ4n) is 5.49. The summed E-state index contributed by atoms with van der Waals surface area (Å²) >= 11 is 0. The first-order chi connectivity index (χ1) is 18.3. The zero-order valence-electron chi connectivity index (χ0n) is 21.4. The average molecular weight is 524 g/mol. The lowest BCUT2D eigenvalue weighted by molar-refractivity contribution is 0.0694. The number of halogens is 1. The number of hydrogen-bond donors (Lipinski definition) is 1. The van der Waals surface area contributed by atoms with Crippen LogP contribution in [0.25, 0.3) is 10.9 Å². The minimum Gasteiger partial charge on any atom is -0.487 e. The normalized spacial score (nSPS) is 20.1. The highest BCUT2D eigenvalue weighted by molar-refractivity contribution is 5.97. The fraction of sp³-hybridized carbons (Fsp3) is 0.462. The van der Waals surface area contributed by atoms with Gasteiger partial charge >= 0.3 is 5.97 Å². The average Bonchev–Trinajstić information content (AvgIpc) is 2.92. The molecule has 3 aromatic rings. The second-order valence-electron chi connectivity index (χ2n) is 10.2. The smallest absolute Gasteiger partial charge is 0.341 e. The van der Waals surface area contributed by atoms with Gasteiger partial charge in [0.25, 0.3) is 0 Å². The number of carboxylic acid groups (broad SMARTS) is 1. The Morgan fingerprint density at radius 1 is 1.03 bits per heavy atom. The van der Waals surface area contributed by atoms with Gasteiger partial charge in [0, 0.05) is 58.6 Å². The molecule has 0 aliphatic carbocycles. The number of likely N-dealkylation sites (N-methyl/N-ethyl adjacent to an activating group) is 1. The van der Waals surface area contributed by atoms with E-state index in [0.29, 0.717) is 43.3 Å². The van der Waals surface area contributed by atoms with Crippen LogP contribution >= 0.6 is 0 Å². The molecule has 11 nitrogen and oxygen atoms in total. The van der Waals surface area contributed by atoms with Crippen LogP contribution in [0.15, 0.2) is 29.5 Å². The second-order valence-corrected chi connectivity index (χ2v) is 10.2. The van der Waals surface area contributed by atoms with Crippen molar-refractivity contribution in [2.24, 2.45) is 0 Å². The van der Waals surface area contributed by atoms with Gasteiger partial charge in [-0.05, 0) is 20.0 Å². The molecule has 2 aromatic heterocycles. The van der Waals surface area contributed by atoms with Crippen molar-refractivity contribution in [2.45, 2.75) is 13.0 Å². The summed E-state index contributed by atoms with van der Waals surface area (Å²) in [7, 11) is 2.12. The van der Waals surface area contributed by atoms with Gasteiger partial charge in [0.2, 0.25) is 11.4 Å². The summed E-state index contributed by atoms with van der Waals surface area (Å²) in [5.41, 5.74) is 0.653. The second kappa shape index (κ2) is 9.43. The maximum Gasteiger partial charge on any atom is 0.341 e. The molecule has 2 fully saturated rings. The quantitative estimate of drug-likeness (QED) is 0.543. The first kappa shape index (κ1) is 24.4. The van der Waals surface area contributed by atoms with E-state index < -0.39 is 17.2 Å². The van der Waals surface area contributed by atoms with E-state index >= 15 is 4.39 Å². The Morgan fingerprint density at radius 2 is 1.66 bits per heavy atom. The highest BCUT2D eigenvalue weighted by atomic mass is 19.1. The molecule has 0 spiro atoms. The topological polar surface area (TPSA) is 107 Å². The molecule has 0 unspecified atom stereocenters. The molecule has 1 aromatic carbocycles. The molecule has 6 rings (SSSR count). The van der Waals surface area contributed by atoms with Gasteiger partial charge in [0.1, 0.15) is 17.9 Å². The zero-order chi connectivity index (χ0) is 26.6. The molecule has 38 heavy (non-hydrogen) atoms. The molecule has 5 heterocycles. The number of piperazine rings is 2. The Balaban J connectivity index is 1.24. The van der Waals surface area contributed by atoms with Crippen molar-refractivity contribution in [2.75, 3.05) is 80.7 Å². The third-order valence-corrected chi connectivity index (χ3v) is 7.74. The molecule has 12 heteroatoms. The van der Waals surface area contributed by atoms with E-state index in [4.69, 9.17) is 4.74 Å². The van der Waals surface area contributed by atoms with Crippen LogP contribution in [0.4, 0.5) is 21.7 Å². The number of aromatic nitrogens is 3. The van der Waals surface area contributed by atoms with Gasteiger partial charge in [0.15, 0.2) is 11.6 Å². The minimum absolute atomic E-state index is 0.0141. The first-order valence-corrected chi connectivity index (χ1v) is 12.8. The van der Waals surface area contributed by atoms with E-state index in [-0.39, 0.29) is 29.3 Å². The summed E-state index contributed by atoms with van der Waals surface area (Å²) in [6.07, 6.45) is 5.08. The molecule has 3 aliphatic heterocycles. The summed E-state index contributed by atoms with van der Waals surface area (Å²) in [6, 6.07) is 0.942. The lowest BCUT2D eigenvalue weighted by atomic mass is 10.1. The number of hydrogen-bond acceptors (Lipinski definition) is 9. The standard InChI is InChI=1S/C26H30FN7O4/c1-16-15-38-24-21-18(23(35)19(25(36)37)14-34(16)21)11-20(27)22(24)32-7-9-33(10-8-32)26-28-12-17(13-29-26)31-5-3-30(2)4-6-31/h11-14,16H,3-10,15H2,1-2H3,(H,36,37)/t16-/m0/s1. The number of nitrogens with zero attached hydrogens (tertiary/aromatic N) is 7. The number of carbonyl (C=O) groups is 1. The zero-order valence-corrected chi connectivity index (χ0v) is 21.4. The van der Waals surface area contributed by atoms with Crippen molar-refractivity contribution < 1.29 is 19.0 Å². The molecule has 3 aliphatic rings. The predicted octanol–water partition coefficient (Wildman–Crippen LogP) is 1.66. The van der Waals surface area contributed by atoms with E-state index in [1.807, 2.05) is 24.2 Å². The lowest BCUT2D eigenvalue weighted by Gasteiger charge is -2.38.